The molecule has 0 aliphatic carbocycles. The molecule has 1 atom stereocenters. The molecule has 0 radical (unpaired) electrons. The minimum absolute atomic E-state index is 0.141. The zero-order valence-electron chi connectivity index (χ0n) is 8.70. The number of thiol groups is 1. The van der Waals surface area contributed by atoms with Gasteiger partial charge >= 0.3 is 0 Å². The minimum Gasteiger partial charge on any atom is -0.325 e. The summed E-state index contributed by atoms with van der Waals surface area (Å²) in [5.41, 5.74) is 0.458. The third-order valence-corrected chi connectivity index (χ3v) is 2.82. The maximum absolute atomic E-state index is 12.8. The van der Waals surface area contributed by atoms with Crippen molar-refractivity contribution in [2.45, 2.75) is 19.1 Å². The predicted octanol–water partition coefficient (Wildman–Crippen LogP) is 2.72. The molecule has 82 valence electrons. The molecule has 15 heavy (non-hydrogen) atoms. The first-order valence-electron chi connectivity index (χ1n) is 4.75. The molecule has 0 saturated carbocycles. The van der Waals surface area contributed by atoms with Gasteiger partial charge in [-0.05, 0) is 24.1 Å². The number of carbonyl (C=O) groups is 1. The van der Waals surface area contributed by atoms with E-state index in [1.165, 1.54) is 12.1 Å². The average molecular weight is 227 g/mol. The highest BCUT2D eigenvalue weighted by Gasteiger charge is 2.17. The SMILES string of the molecule is CC(C)C(S)C(=O)Nc1cccc(F)c1. The van der Waals surface area contributed by atoms with Gasteiger partial charge in [-0.3, -0.25) is 4.79 Å². The van der Waals surface area contributed by atoms with E-state index in [-0.39, 0.29) is 22.9 Å². The van der Waals surface area contributed by atoms with Gasteiger partial charge in [0, 0.05) is 5.69 Å². The molecule has 1 aromatic carbocycles. The van der Waals surface area contributed by atoms with Crippen LogP contribution in [0.15, 0.2) is 24.3 Å². The summed E-state index contributed by atoms with van der Waals surface area (Å²) in [6.45, 7) is 3.81. The number of rotatable bonds is 3. The number of hydrogen-bond donors (Lipinski definition) is 2. The minimum atomic E-state index is -0.381. The number of amides is 1. The Labute approximate surface area is 94.3 Å². The first kappa shape index (κ1) is 12.0. The van der Waals surface area contributed by atoms with Crippen LogP contribution >= 0.6 is 12.6 Å². The summed E-state index contributed by atoms with van der Waals surface area (Å²) >= 11 is 4.17. The van der Waals surface area contributed by atoms with Crippen molar-refractivity contribution in [1.29, 1.82) is 0 Å². The van der Waals surface area contributed by atoms with Crippen LogP contribution in [0.1, 0.15) is 13.8 Å². The van der Waals surface area contributed by atoms with Crippen LogP contribution in [0.25, 0.3) is 0 Å². The molecular weight excluding hydrogens is 213 g/mol. The Morgan fingerprint density at radius 1 is 1.47 bits per heavy atom. The Morgan fingerprint density at radius 2 is 2.13 bits per heavy atom. The zero-order chi connectivity index (χ0) is 11.4. The fourth-order valence-corrected chi connectivity index (χ4v) is 1.15. The average Bonchev–Trinajstić information content (AvgIpc) is 2.16. The summed E-state index contributed by atoms with van der Waals surface area (Å²) in [6, 6.07) is 5.80. The smallest absolute Gasteiger partial charge is 0.237 e. The lowest BCUT2D eigenvalue weighted by Crippen LogP contribution is -2.27. The molecule has 1 rings (SSSR count). The van der Waals surface area contributed by atoms with E-state index in [1.54, 1.807) is 12.1 Å². The molecule has 0 aliphatic heterocycles. The highest BCUT2D eigenvalue weighted by molar-refractivity contribution is 7.81. The molecule has 1 N–H and O–H groups in total. The topological polar surface area (TPSA) is 29.1 Å². The van der Waals surface area contributed by atoms with Gasteiger partial charge in [0.2, 0.25) is 5.91 Å². The molecule has 2 nitrogen and oxygen atoms in total. The number of anilines is 1. The fourth-order valence-electron chi connectivity index (χ4n) is 1.09. The first-order chi connectivity index (χ1) is 7.00. The maximum Gasteiger partial charge on any atom is 0.237 e. The van der Waals surface area contributed by atoms with Crippen molar-refractivity contribution >= 4 is 24.2 Å². The first-order valence-corrected chi connectivity index (χ1v) is 5.27. The summed E-state index contributed by atoms with van der Waals surface area (Å²) in [6.07, 6.45) is 0. The van der Waals surface area contributed by atoms with E-state index >= 15 is 0 Å². The third kappa shape index (κ3) is 3.55. The second kappa shape index (κ2) is 5.16. The molecule has 0 spiro atoms. The Bertz CT molecular complexity index is 354. The van der Waals surface area contributed by atoms with Crippen LogP contribution in [-0.2, 0) is 4.79 Å². The van der Waals surface area contributed by atoms with Crippen LogP contribution in [-0.4, -0.2) is 11.2 Å². The van der Waals surface area contributed by atoms with Gasteiger partial charge in [-0.2, -0.15) is 12.6 Å². The van der Waals surface area contributed by atoms with Crippen molar-refractivity contribution < 1.29 is 9.18 Å². The molecule has 1 amide bonds. The van der Waals surface area contributed by atoms with Gasteiger partial charge in [-0.15, -0.1) is 0 Å². The molecule has 1 aromatic rings. The zero-order valence-corrected chi connectivity index (χ0v) is 9.59. The number of halogens is 1. The second-order valence-electron chi connectivity index (χ2n) is 3.69. The van der Waals surface area contributed by atoms with Crippen LogP contribution < -0.4 is 5.32 Å². The van der Waals surface area contributed by atoms with Crippen LogP contribution in [0.2, 0.25) is 0 Å². The lowest BCUT2D eigenvalue weighted by Gasteiger charge is -2.14. The lowest BCUT2D eigenvalue weighted by molar-refractivity contribution is -0.116. The van der Waals surface area contributed by atoms with Crippen molar-refractivity contribution in [2.24, 2.45) is 5.92 Å². The van der Waals surface area contributed by atoms with Crippen molar-refractivity contribution in [2.75, 3.05) is 5.32 Å². The summed E-state index contributed by atoms with van der Waals surface area (Å²) < 4.78 is 12.8. The quantitative estimate of drug-likeness (QED) is 0.764. The third-order valence-electron chi connectivity index (χ3n) is 1.99. The Hall–Kier alpha value is -1.03. The molecule has 0 aliphatic rings. The van der Waals surface area contributed by atoms with Crippen molar-refractivity contribution in [1.82, 2.24) is 0 Å². The Balaban J connectivity index is 2.66. The van der Waals surface area contributed by atoms with Gasteiger partial charge in [-0.25, -0.2) is 4.39 Å². The van der Waals surface area contributed by atoms with Crippen molar-refractivity contribution in [3.63, 3.8) is 0 Å². The van der Waals surface area contributed by atoms with Crippen LogP contribution in [0.3, 0.4) is 0 Å². The highest BCUT2D eigenvalue weighted by atomic mass is 32.1. The molecule has 4 heteroatoms. The van der Waals surface area contributed by atoms with Crippen LogP contribution in [0.5, 0.6) is 0 Å². The summed E-state index contributed by atoms with van der Waals surface area (Å²) in [4.78, 5) is 11.6. The van der Waals surface area contributed by atoms with Gasteiger partial charge in [0.1, 0.15) is 5.82 Å². The van der Waals surface area contributed by atoms with E-state index < -0.39 is 0 Å². The second-order valence-corrected chi connectivity index (χ2v) is 4.24. The number of benzene rings is 1. The number of carbonyl (C=O) groups excluding carboxylic acids is 1. The summed E-state index contributed by atoms with van der Waals surface area (Å²) in [5, 5.41) is 2.23. The Morgan fingerprint density at radius 3 is 2.67 bits per heavy atom. The fraction of sp³-hybridized carbons (Fsp3) is 0.364. The standard InChI is InChI=1S/C11H14FNOS/c1-7(2)10(15)11(14)13-9-5-3-4-8(12)6-9/h3-7,10,15H,1-2H3,(H,13,14). The molecular formula is C11H14FNOS. The highest BCUT2D eigenvalue weighted by Crippen LogP contribution is 2.14. The normalized spacial score (nSPS) is 12.6. The van der Waals surface area contributed by atoms with Gasteiger partial charge in [0.25, 0.3) is 0 Å². The number of nitrogens with one attached hydrogen (secondary N) is 1. The largest absolute Gasteiger partial charge is 0.325 e. The van der Waals surface area contributed by atoms with E-state index in [0.29, 0.717) is 5.69 Å². The van der Waals surface area contributed by atoms with Gasteiger partial charge in [-0.1, -0.05) is 19.9 Å². The van der Waals surface area contributed by atoms with E-state index in [0.717, 1.165) is 0 Å². The van der Waals surface area contributed by atoms with Crippen molar-refractivity contribution in [3.8, 4) is 0 Å². The van der Waals surface area contributed by atoms with Gasteiger partial charge < -0.3 is 5.32 Å². The van der Waals surface area contributed by atoms with E-state index in [2.05, 4.69) is 17.9 Å². The van der Waals surface area contributed by atoms with Gasteiger partial charge in [0.15, 0.2) is 0 Å². The molecule has 0 fully saturated rings. The van der Waals surface area contributed by atoms with Crippen LogP contribution in [0, 0.1) is 11.7 Å². The summed E-state index contributed by atoms with van der Waals surface area (Å²) in [5.74, 6) is -0.436. The monoisotopic (exact) mass is 227 g/mol. The number of hydrogen-bond acceptors (Lipinski definition) is 2. The van der Waals surface area contributed by atoms with E-state index in [9.17, 15) is 9.18 Å². The molecule has 0 bridgehead atoms. The van der Waals surface area contributed by atoms with E-state index in [4.69, 9.17) is 0 Å². The predicted molar refractivity (Wildman–Crippen MR) is 62.6 cm³/mol. The molecule has 0 aromatic heterocycles. The summed E-state index contributed by atoms with van der Waals surface area (Å²) in [7, 11) is 0. The van der Waals surface area contributed by atoms with Gasteiger partial charge in [0.05, 0.1) is 5.25 Å². The maximum atomic E-state index is 12.8. The lowest BCUT2D eigenvalue weighted by atomic mass is 10.1. The van der Waals surface area contributed by atoms with E-state index in [1.807, 2.05) is 13.8 Å². The molecule has 0 heterocycles. The molecule has 1 unspecified atom stereocenters. The van der Waals surface area contributed by atoms with Crippen molar-refractivity contribution in [3.05, 3.63) is 30.1 Å². The Kier molecular flexibility index (Phi) is 4.15. The van der Waals surface area contributed by atoms with Crippen LogP contribution in [0.4, 0.5) is 10.1 Å². The molecule has 0 saturated heterocycles.